The summed E-state index contributed by atoms with van der Waals surface area (Å²) in [6, 6.07) is 5.00. The Morgan fingerprint density at radius 1 is 1.41 bits per heavy atom. The molecule has 0 aliphatic rings. The number of benzene rings is 1. The lowest BCUT2D eigenvalue weighted by molar-refractivity contribution is 0.473. The highest BCUT2D eigenvalue weighted by Gasteiger charge is 2.05. The fourth-order valence-electron chi connectivity index (χ4n) is 1.48. The number of hydrogen-bond acceptors (Lipinski definition) is 2. The maximum absolute atomic E-state index is 9.71. The molecule has 0 aliphatic heterocycles. The zero-order valence-corrected chi connectivity index (χ0v) is 10.8. The maximum atomic E-state index is 9.71. The van der Waals surface area contributed by atoms with E-state index in [2.05, 4.69) is 18.5 Å². The number of allylic oxidation sites excluding steroid dienone is 1. The van der Waals surface area contributed by atoms with Gasteiger partial charge in [0.25, 0.3) is 0 Å². The van der Waals surface area contributed by atoms with Gasteiger partial charge in [-0.05, 0) is 38.0 Å². The quantitative estimate of drug-likeness (QED) is 0.593. The molecule has 0 fully saturated rings. The molecule has 0 saturated heterocycles. The zero-order valence-electron chi connectivity index (χ0n) is 10.1. The molecule has 1 aromatic rings. The van der Waals surface area contributed by atoms with Crippen LogP contribution in [0.15, 0.2) is 36.9 Å². The van der Waals surface area contributed by atoms with E-state index in [0.29, 0.717) is 16.3 Å². The molecule has 0 radical (unpaired) electrons. The molecule has 0 aromatic heterocycles. The second-order valence-electron chi connectivity index (χ2n) is 4.13. The van der Waals surface area contributed by atoms with E-state index in [-0.39, 0.29) is 5.75 Å². The van der Waals surface area contributed by atoms with Crippen LogP contribution in [0.1, 0.15) is 25.3 Å². The van der Waals surface area contributed by atoms with E-state index in [1.54, 1.807) is 12.1 Å². The average molecular weight is 252 g/mol. The highest BCUT2D eigenvalue weighted by Crippen LogP contribution is 2.25. The number of rotatable bonds is 6. The van der Waals surface area contributed by atoms with Crippen LogP contribution in [0.5, 0.6) is 5.75 Å². The van der Waals surface area contributed by atoms with Crippen molar-refractivity contribution in [2.24, 2.45) is 0 Å². The summed E-state index contributed by atoms with van der Waals surface area (Å²) in [5, 5.41) is 13.4. The van der Waals surface area contributed by atoms with Crippen molar-refractivity contribution < 1.29 is 5.11 Å². The molecule has 2 N–H and O–H groups in total. The Morgan fingerprint density at radius 3 is 2.71 bits per heavy atom. The van der Waals surface area contributed by atoms with E-state index in [1.165, 1.54) is 11.6 Å². The number of nitrogens with one attached hydrogen (secondary N) is 1. The van der Waals surface area contributed by atoms with Crippen LogP contribution in [0.2, 0.25) is 5.02 Å². The predicted molar refractivity (Wildman–Crippen MR) is 74.2 cm³/mol. The first-order valence-corrected chi connectivity index (χ1v) is 5.94. The van der Waals surface area contributed by atoms with Crippen LogP contribution in [0.3, 0.4) is 0 Å². The van der Waals surface area contributed by atoms with Gasteiger partial charge in [-0.2, -0.15) is 0 Å². The summed E-state index contributed by atoms with van der Waals surface area (Å²) < 4.78 is 0. The molecule has 3 heteroatoms. The average Bonchev–Trinajstić information content (AvgIpc) is 2.23. The zero-order chi connectivity index (χ0) is 12.8. The van der Waals surface area contributed by atoms with Gasteiger partial charge in [0, 0.05) is 22.8 Å². The molecular formula is C14H18ClNO. The summed E-state index contributed by atoms with van der Waals surface area (Å²) in [6.07, 6.45) is 2.00. The Hall–Kier alpha value is -1.41. The van der Waals surface area contributed by atoms with Gasteiger partial charge in [0.1, 0.15) is 5.75 Å². The normalized spacial score (nSPS) is 10.0. The van der Waals surface area contributed by atoms with Crippen LogP contribution in [0.4, 0.5) is 0 Å². The van der Waals surface area contributed by atoms with Crippen LogP contribution in [0, 0.1) is 0 Å². The minimum absolute atomic E-state index is 0.148. The topological polar surface area (TPSA) is 32.3 Å². The lowest BCUT2D eigenvalue weighted by Gasteiger charge is -2.11. The Labute approximate surface area is 108 Å². The summed E-state index contributed by atoms with van der Waals surface area (Å²) >= 11 is 5.76. The monoisotopic (exact) mass is 251 g/mol. The van der Waals surface area contributed by atoms with E-state index >= 15 is 0 Å². The van der Waals surface area contributed by atoms with Gasteiger partial charge in [-0.1, -0.05) is 23.8 Å². The molecule has 2 nitrogen and oxygen atoms in total. The third kappa shape index (κ3) is 4.53. The molecule has 0 unspecified atom stereocenters. The highest BCUT2D eigenvalue weighted by molar-refractivity contribution is 6.30. The summed E-state index contributed by atoms with van der Waals surface area (Å²) in [7, 11) is 0. The largest absolute Gasteiger partial charge is 0.507 e. The summed E-state index contributed by atoms with van der Waals surface area (Å²) in [6.45, 7) is 10.6. The maximum Gasteiger partial charge on any atom is 0.126 e. The van der Waals surface area contributed by atoms with Crippen LogP contribution in [-0.2, 0) is 0 Å². The van der Waals surface area contributed by atoms with Crippen molar-refractivity contribution in [2.45, 2.75) is 19.8 Å². The first-order valence-electron chi connectivity index (χ1n) is 5.56. The van der Waals surface area contributed by atoms with Crippen molar-refractivity contribution in [3.8, 4) is 5.75 Å². The standard InChI is InChI=1S/C14H18ClNO/c1-10(2)5-4-8-16-11(3)13-7-6-12(15)9-14(13)17/h6-7,9,16-17H,1,3-5,8H2,2H3. The number of halogens is 1. The first-order chi connectivity index (χ1) is 8.00. The minimum atomic E-state index is 0.148. The van der Waals surface area contributed by atoms with Crippen molar-refractivity contribution in [1.82, 2.24) is 5.32 Å². The van der Waals surface area contributed by atoms with Crippen LogP contribution >= 0.6 is 11.6 Å². The van der Waals surface area contributed by atoms with Gasteiger partial charge < -0.3 is 10.4 Å². The predicted octanol–water partition coefficient (Wildman–Crippen LogP) is 3.96. The number of phenols is 1. The molecule has 0 amide bonds. The summed E-state index contributed by atoms with van der Waals surface area (Å²) in [4.78, 5) is 0. The molecule has 0 saturated carbocycles. The Kier molecular flexibility index (Phi) is 5.11. The molecule has 0 aliphatic carbocycles. The van der Waals surface area contributed by atoms with Gasteiger partial charge in [-0.15, -0.1) is 6.58 Å². The molecule has 1 rings (SSSR count). The molecule has 17 heavy (non-hydrogen) atoms. The first kappa shape index (κ1) is 13.7. The van der Waals surface area contributed by atoms with Gasteiger partial charge in [0.15, 0.2) is 0 Å². The van der Waals surface area contributed by atoms with E-state index in [1.807, 2.05) is 6.92 Å². The van der Waals surface area contributed by atoms with Crippen molar-refractivity contribution in [3.63, 3.8) is 0 Å². The fourth-order valence-corrected chi connectivity index (χ4v) is 1.65. The molecule has 0 atom stereocenters. The lowest BCUT2D eigenvalue weighted by Crippen LogP contribution is -2.13. The SMILES string of the molecule is C=C(C)CCCNC(=C)c1ccc(Cl)cc1O. The summed E-state index contributed by atoms with van der Waals surface area (Å²) in [5.74, 6) is 0.148. The Bertz CT molecular complexity index is 426. The third-order valence-electron chi connectivity index (χ3n) is 2.40. The lowest BCUT2D eigenvalue weighted by atomic mass is 10.1. The van der Waals surface area contributed by atoms with E-state index in [4.69, 9.17) is 11.6 Å². The van der Waals surface area contributed by atoms with Gasteiger partial charge in [-0.25, -0.2) is 0 Å². The smallest absolute Gasteiger partial charge is 0.126 e. The van der Waals surface area contributed by atoms with Crippen LogP contribution in [0.25, 0.3) is 5.70 Å². The van der Waals surface area contributed by atoms with E-state index < -0.39 is 0 Å². The van der Waals surface area contributed by atoms with Gasteiger partial charge in [-0.3, -0.25) is 0 Å². The van der Waals surface area contributed by atoms with E-state index in [9.17, 15) is 5.11 Å². The number of hydrogen-bond donors (Lipinski definition) is 2. The third-order valence-corrected chi connectivity index (χ3v) is 2.64. The highest BCUT2D eigenvalue weighted by atomic mass is 35.5. The number of aromatic hydroxyl groups is 1. The fraction of sp³-hybridized carbons (Fsp3) is 0.286. The summed E-state index contributed by atoms with van der Waals surface area (Å²) in [5.41, 5.74) is 2.57. The van der Waals surface area contributed by atoms with Crippen LogP contribution < -0.4 is 5.32 Å². The Balaban J connectivity index is 2.50. The second kappa shape index (κ2) is 6.36. The number of phenolic OH excluding ortho intramolecular Hbond substituents is 1. The molecule has 0 spiro atoms. The minimum Gasteiger partial charge on any atom is -0.507 e. The molecular weight excluding hydrogens is 234 g/mol. The molecule has 0 bridgehead atoms. The van der Waals surface area contributed by atoms with Crippen molar-refractivity contribution in [2.75, 3.05) is 6.54 Å². The second-order valence-corrected chi connectivity index (χ2v) is 4.56. The van der Waals surface area contributed by atoms with E-state index in [0.717, 1.165) is 19.4 Å². The van der Waals surface area contributed by atoms with Gasteiger partial charge in [0.2, 0.25) is 0 Å². The van der Waals surface area contributed by atoms with Crippen LogP contribution in [-0.4, -0.2) is 11.7 Å². The Morgan fingerprint density at radius 2 is 2.12 bits per heavy atom. The van der Waals surface area contributed by atoms with Gasteiger partial charge in [0.05, 0.1) is 0 Å². The van der Waals surface area contributed by atoms with Crippen molar-refractivity contribution in [1.29, 1.82) is 0 Å². The molecule has 1 aromatic carbocycles. The van der Waals surface area contributed by atoms with Crippen molar-refractivity contribution in [3.05, 3.63) is 47.5 Å². The molecule has 0 heterocycles. The van der Waals surface area contributed by atoms with Crippen molar-refractivity contribution >= 4 is 17.3 Å². The molecule has 92 valence electrons. The van der Waals surface area contributed by atoms with Gasteiger partial charge >= 0.3 is 0 Å².